The van der Waals surface area contributed by atoms with Crippen LogP contribution in [-0.4, -0.2) is 16.6 Å². The average molecular weight is 378 g/mol. The van der Waals surface area contributed by atoms with Gasteiger partial charge >= 0.3 is 0 Å². The molecule has 0 spiro atoms. The zero-order chi connectivity index (χ0) is 14.6. The van der Waals surface area contributed by atoms with E-state index >= 15 is 0 Å². The first kappa shape index (κ1) is 16.6. The Morgan fingerprint density at radius 2 is 2.05 bits per heavy atom. The normalized spacial score (nSPS) is 14.7. The molecule has 0 aromatic carbocycles. The molecule has 19 heavy (non-hydrogen) atoms. The van der Waals surface area contributed by atoms with E-state index in [9.17, 15) is 4.79 Å². The van der Waals surface area contributed by atoms with Gasteiger partial charge in [-0.3, -0.25) is 4.79 Å². The van der Waals surface area contributed by atoms with Gasteiger partial charge in [-0.25, -0.2) is 4.98 Å². The third-order valence-electron chi connectivity index (χ3n) is 3.17. The summed E-state index contributed by atoms with van der Waals surface area (Å²) in [5.74, 6) is 1.11. The Morgan fingerprint density at radius 3 is 2.53 bits per heavy atom. The zero-order valence-electron chi connectivity index (χ0n) is 12.3. The van der Waals surface area contributed by atoms with Gasteiger partial charge in [0.15, 0.2) is 0 Å². The molecule has 0 bridgehead atoms. The lowest BCUT2D eigenvalue weighted by Crippen LogP contribution is -2.32. The van der Waals surface area contributed by atoms with E-state index in [0.717, 1.165) is 18.5 Å². The van der Waals surface area contributed by atoms with Crippen LogP contribution in [0.3, 0.4) is 0 Å². The highest BCUT2D eigenvalue weighted by molar-refractivity contribution is 14.1. The molecular weight excluding hydrogens is 355 g/mol. The van der Waals surface area contributed by atoms with E-state index in [1.807, 2.05) is 20.8 Å². The minimum absolute atomic E-state index is 0.0689. The fourth-order valence-electron chi connectivity index (χ4n) is 1.93. The summed E-state index contributed by atoms with van der Waals surface area (Å²) in [6.45, 7) is 10.8. The Labute approximate surface area is 128 Å². The molecule has 0 aliphatic carbocycles. The molecule has 1 unspecified atom stereocenters. The van der Waals surface area contributed by atoms with Crippen molar-refractivity contribution in [3.05, 3.63) is 25.4 Å². The van der Waals surface area contributed by atoms with Crippen molar-refractivity contribution in [1.29, 1.82) is 0 Å². The quantitative estimate of drug-likeness (QED) is 0.774. The molecule has 0 saturated carbocycles. The van der Waals surface area contributed by atoms with Gasteiger partial charge in [-0.15, -0.1) is 0 Å². The molecule has 1 atom stereocenters. The Bertz CT molecular complexity index is 485. The molecule has 1 heterocycles. The molecule has 0 fully saturated rings. The molecule has 1 N–H and O–H groups in total. The molecule has 1 aromatic heterocycles. The van der Waals surface area contributed by atoms with Crippen molar-refractivity contribution in [2.75, 3.05) is 6.61 Å². The van der Waals surface area contributed by atoms with Gasteiger partial charge in [0.25, 0.3) is 5.56 Å². The zero-order valence-corrected chi connectivity index (χ0v) is 14.5. The molecule has 1 aromatic rings. The molecule has 1 rings (SSSR count). The number of rotatable bonds is 6. The highest BCUT2D eigenvalue weighted by atomic mass is 127. The first-order chi connectivity index (χ1) is 8.84. The third-order valence-corrected chi connectivity index (χ3v) is 4.28. The number of aromatic amines is 1. The van der Waals surface area contributed by atoms with E-state index in [0.29, 0.717) is 21.9 Å². The standard InChI is InChI=1S/C14H23IN2O2/c1-6-14(5,19-7-2)13-16-10(8-9(3)4)11(15)12(18)17-13/h9H,6-8H2,1-5H3,(H,16,17,18). The summed E-state index contributed by atoms with van der Waals surface area (Å²) in [4.78, 5) is 19.6. The maximum Gasteiger partial charge on any atom is 0.264 e. The topological polar surface area (TPSA) is 55.0 Å². The van der Waals surface area contributed by atoms with Crippen LogP contribution in [0.4, 0.5) is 0 Å². The Hall–Kier alpha value is -0.430. The van der Waals surface area contributed by atoms with Crippen molar-refractivity contribution in [3.8, 4) is 0 Å². The lowest BCUT2D eigenvalue weighted by molar-refractivity contribution is -0.0394. The predicted molar refractivity (Wildman–Crippen MR) is 85.4 cm³/mol. The molecule has 0 aliphatic heterocycles. The Morgan fingerprint density at radius 1 is 1.42 bits per heavy atom. The summed E-state index contributed by atoms with van der Waals surface area (Å²) < 4.78 is 6.47. The van der Waals surface area contributed by atoms with Crippen LogP contribution in [0.5, 0.6) is 0 Å². The van der Waals surface area contributed by atoms with Crippen LogP contribution in [-0.2, 0) is 16.8 Å². The SMILES string of the molecule is CCOC(C)(CC)c1nc(CC(C)C)c(I)c(=O)[nH]1. The summed E-state index contributed by atoms with van der Waals surface area (Å²) in [6, 6.07) is 0. The maximum absolute atomic E-state index is 12.1. The van der Waals surface area contributed by atoms with Crippen LogP contribution >= 0.6 is 22.6 Å². The van der Waals surface area contributed by atoms with Crippen molar-refractivity contribution < 1.29 is 4.74 Å². The van der Waals surface area contributed by atoms with Gasteiger partial charge in [-0.1, -0.05) is 20.8 Å². The second-order valence-corrected chi connectivity index (χ2v) is 6.37. The number of ether oxygens (including phenoxy) is 1. The lowest BCUT2D eigenvalue weighted by atomic mass is 10.0. The fourth-order valence-corrected chi connectivity index (χ4v) is 2.41. The molecule has 5 heteroatoms. The molecule has 0 amide bonds. The van der Waals surface area contributed by atoms with Gasteiger partial charge < -0.3 is 9.72 Å². The van der Waals surface area contributed by atoms with Gasteiger partial charge in [-0.2, -0.15) is 0 Å². The summed E-state index contributed by atoms with van der Waals surface area (Å²) in [5.41, 5.74) is 0.276. The number of hydrogen-bond donors (Lipinski definition) is 1. The van der Waals surface area contributed by atoms with Gasteiger partial charge in [0.05, 0.1) is 9.26 Å². The van der Waals surface area contributed by atoms with E-state index < -0.39 is 5.60 Å². The van der Waals surface area contributed by atoms with Gasteiger partial charge in [0, 0.05) is 6.61 Å². The maximum atomic E-state index is 12.1. The Balaban J connectivity index is 3.29. The summed E-state index contributed by atoms with van der Waals surface area (Å²) in [7, 11) is 0. The summed E-state index contributed by atoms with van der Waals surface area (Å²) in [6.07, 6.45) is 1.58. The molecule has 0 aliphatic rings. The Kier molecular flexibility index (Phi) is 5.98. The highest BCUT2D eigenvalue weighted by Gasteiger charge is 2.29. The molecule has 0 saturated heterocycles. The van der Waals surface area contributed by atoms with Crippen molar-refractivity contribution in [2.24, 2.45) is 5.92 Å². The van der Waals surface area contributed by atoms with Gasteiger partial charge in [-0.05, 0) is 55.2 Å². The van der Waals surface area contributed by atoms with Crippen LogP contribution in [0.2, 0.25) is 0 Å². The van der Waals surface area contributed by atoms with Crippen molar-refractivity contribution in [2.45, 2.75) is 53.1 Å². The molecule has 0 radical (unpaired) electrons. The lowest BCUT2D eigenvalue weighted by Gasteiger charge is -2.27. The van der Waals surface area contributed by atoms with Crippen molar-refractivity contribution in [1.82, 2.24) is 9.97 Å². The van der Waals surface area contributed by atoms with Gasteiger partial charge in [0.1, 0.15) is 11.4 Å². The van der Waals surface area contributed by atoms with Crippen LogP contribution in [0.1, 0.15) is 52.6 Å². The average Bonchev–Trinajstić information content (AvgIpc) is 2.34. The summed E-state index contributed by atoms with van der Waals surface area (Å²) >= 11 is 2.07. The number of H-pyrrole nitrogens is 1. The first-order valence-electron chi connectivity index (χ1n) is 6.77. The van der Waals surface area contributed by atoms with E-state index in [4.69, 9.17) is 4.74 Å². The van der Waals surface area contributed by atoms with Gasteiger partial charge in [0.2, 0.25) is 0 Å². The van der Waals surface area contributed by atoms with Crippen LogP contribution in [0.25, 0.3) is 0 Å². The van der Waals surface area contributed by atoms with Crippen molar-refractivity contribution >= 4 is 22.6 Å². The minimum atomic E-state index is -0.524. The van der Waals surface area contributed by atoms with Crippen molar-refractivity contribution in [3.63, 3.8) is 0 Å². The minimum Gasteiger partial charge on any atom is -0.368 e. The monoisotopic (exact) mass is 378 g/mol. The molecule has 108 valence electrons. The number of nitrogens with zero attached hydrogens (tertiary/aromatic N) is 1. The van der Waals surface area contributed by atoms with Crippen LogP contribution in [0.15, 0.2) is 4.79 Å². The first-order valence-corrected chi connectivity index (χ1v) is 7.85. The number of nitrogens with one attached hydrogen (secondary N) is 1. The molecular formula is C14H23IN2O2. The third kappa shape index (κ3) is 4.02. The van der Waals surface area contributed by atoms with E-state index in [-0.39, 0.29) is 5.56 Å². The largest absolute Gasteiger partial charge is 0.368 e. The van der Waals surface area contributed by atoms with Crippen LogP contribution < -0.4 is 5.56 Å². The number of hydrogen-bond acceptors (Lipinski definition) is 3. The van der Waals surface area contributed by atoms with Crippen LogP contribution in [0, 0.1) is 9.49 Å². The molecule has 4 nitrogen and oxygen atoms in total. The number of aromatic nitrogens is 2. The second kappa shape index (κ2) is 6.83. The second-order valence-electron chi connectivity index (χ2n) is 5.29. The fraction of sp³-hybridized carbons (Fsp3) is 0.714. The highest BCUT2D eigenvalue weighted by Crippen LogP contribution is 2.26. The summed E-state index contributed by atoms with van der Waals surface area (Å²) in [5, 5.41) is 0. The van der Waals surface area contributed by atoms with E-state index in [1.165, 1.54) is 0 Å². The van der Waals surface area contributed by atoms with E-state index in [1.54, 1.807) is 0 Å². The smallest absolute Gasteiger partial charge is 0.264 e. The number of halogens is 1. The van der Waals surface area contributed by atoms with E-state index in [2.05, 4.69) is 46.4 Å². The predicted octanol–water partition coefficient (Wildman–Crippen LogP) is 3.23.